The number of thiophene rings is 1. The van der Waals surface area contributed by atoms with Crippen molar-refractivity contribution in [2.75, 3.05) is 6.61 Å². The first-order valence-corrected chi connectivity index (χ1v) is 11.2. The molecular weight excluding hydrogens is 406 g/mol. The molecule has 158 valence electrons. The standard InChI is InChI=1S/C25H25N3O2S/c1-17-8-12-20(13-9-17)21-15-31-25-23(21)24(26-16-27-25)30-14-22(29)28-18(2)10-11-19-6-4-3-5-7-19/h3-9,12-13,15-16,18H,10-11,14H2,1-2H3,(H,28,29). The minimum Gasteiger partial charge on any atom is -0.467 e. The molecule has 0 aliphatic heterocycles. The predicted octanol–water partition coefficient (Wildman–Crippen LogP) is 5.18. The molecule has 1 N–H and O–H groups in total. The van der Waals surface area contributed by atoms with E-state index in [-0.39, 0.29) is 18.6 Å². The quantitative estimate of drug-likeness (QED) is 0.417. The molecule has 31 heavy (non-hydrogen) atoms. The van der Waals surface area contributed by atoms with E-state index in [1.54, 1.807) is 11.3 Å². The molecule has 1 atom stereocenters. The average molecular weight is 432 g/mol. The van der Waals surface area contributed by atoms with E-state index >= 15 is 0 Å². The van der Waals surface area contributed by atoms with Gasteiger partial charge in [-0.2, -0.15) is 0 Å². The monoisotopic (exact) mass is 431 g/mol. The SMILES string of the molecule is Cc1ccc(-c2csc3ncnc(OCC(=O)NC(C)CCc4ccccc4)c23)cc1. The maximum Gasteiger partial charge on any atom is 0.258 e. The number of carbonyl (C=O) groups is 1. The third kappa shape index (κ3) is 5.27. The van der Waals surface area contributed by atoms with Crippen LogP contribution in [0.1, 0.15) is 24.5 Å². The van der Waals surface area contributed by atoms with Crippen molar-refractivity contribution in [2.45, 2.75) is 32.7 Å². The fourth-order valence-corrected chi connectivity index (χ4v) is 4.36. The number of benzene rings is 2. The summed E-state index contributed by atoms with van der Waals surface area (Å²) in [4.78, 5) is 21.9. The van der Waals surface area contributed by atoms with Gasteiger partial charge in [-0.15, -0.1) is 11.3 Å². The first-order valence-electron chi connectivity index (χ1n) is 10.4. The average Bonchev–Trinajstić information content (AvgIpc) is 3.22. The molecule has 0 spiro atoms. The van der Waals surface area contributed by atoms with Gasteiger partial charge in [0.1, 0.15) is 11.2 Å². The van der Waals surface area contributed by atoms with Gasteiger partial charge in [0.2, 0.25) is 5.88 Å². The van der Waals surface area contributed by atoms with Gasteiger partial charge in [0.05, 0.1) is 5.39 Å². The van der Waals surface area contributed by atoms with Gasteiger partial charge in [0.15, 0.2) is 6.61 Å². The Morgan fingerprint density at radius 3 is 2.65 bits per heavy atom. The van der Waals surface area contributed by atoms with E-state index in [4.69, 9.17) is 4.74 Å². The van der Waals surface area contributed by atoms with Crippen LogP contribution in [-0.2, 0) is 11.2 Å². The second-order valence-electron chi connectivity index (χ2n) is 7.66. The third-order valence-corrected chi connectivity index (χ3v) is 6.04. The molecule has 0 saturated heterocycles. The summed E-state index contributed by atoms with van der Waals surface area (Å²) in [5.74, 6) is 0.286. The summed E-state index contributed by atoms with van der Waals surface area (Å²) in [6.45, 7) is 4.00. The summed E-state index contributed by atoms with van der Waals surface area (Å²) >= 11 is 1.54. The minimum absolute atomic E-state index is 0.0611. The molecule has 0 bridgehead atoms. The van der Waals surface area contributed by atoms with Crippen LogP contribution in [0, 0.1) is 6.92 Å². The van der Waals surface area contributed by atoms with Crippen LogP contribution in [0.2, 0.25) is 0 Å². The number of amides is 1. The largest absolute Gasteiger partial charge is 0.467 e. The Balaban J connectivity index is 1.40. The Morgan fingerprint density at radius 1 is 1.10 bits per heavy atom. The van der Waals surface area contributed by atoms with Gasteiger partial charge in [-0.05, 0) is 37.8 Å². The van der Waals surface area contributed by atoms with E-state index in [0.29, 0.717) is 5.88 Å². The van der Waals surface area contributed by atoms with E-state index in [9.17, 15) is 4.79 Å². The Bertz CT molecular complexity index is 1160. The molecule has 4 rings (SSSR count). The van der Waals surface area contributed by atoms with Gasteiger partial charge in [-0.3, -0.25) is 4.79 Å². The van der Waals surface area contributed by atoms with Gasteiger partial charge in [0.25, 0.3) is 5.91 Å². The van der Waals surface area contributed by atoms with Gasteiger partial charge >= 0.3 is 0 Å². The van der Waals surface area contributed by atoms with E-state index in [1.165, 1.54) is 17.5 Å². The summed E-state index contributed by atoms with van der Waals surface area (Å²) in [5, 5.41) is 5.92. The molecule has 2 aromatic heterocycles. The maximum atomic E-state index is 12.4. The van der Waals surface area contributed by atoms with E-state index < -0.39 is 0 Å². The maximum absolute atomic E-state index is 12.4. The van der Waals surface area contributed by atoms with E-state index in [1.807, 2.05) is 25.1 Å². The Labute approximate surface area is 186 Å². The molecule has 0 saturated carbocycles. The fourth-order valence-electron chi connectivity index (χ4n) is 3.45. The fraction of sp³-hybridized carbons (Fsp3) is 0.240. The van der Waals surface area contributed by atoms with Crippen molar-refractivity contribution in [3.63, 3.8) is 0 Å². The molecule has 1 unspecified atom stereocenters. The highest BCUT2D eigenvalue weighted by Crippen LogP contribution is 2.37. The number of ether oxygens (including phenoxy) is 1. The molecule has 1 amide bonds. The number of nitrogens with one attached hydrogen (secondary N) is 1. The smallest absolute Gasteiger partial charge is 0.258 e. The summed E-state index contributed by atoms with van der Waals surface area (Å²) in [6.07, 6.45) is 3.27. The Kier molecular flexibility index (Phi) is 6.57. The zero-order chi connectivity index (χ0) is 21.6. The first-order chi connectivity index (χ1) is 15.1. The van der Waals surface area contributed by atoms with Crippen LogP contribution in [0.25, 0.3) is 21.3 Å². The molecule has 0 aliphatic rings. The van der Waals surface area contributed by atoms with E-state index in [0.717, 1.165) is 34.2 Å². The number of aryl methyl sites for hydroxylation is 2. The van der Waals surface area contributed by atoms with Crippen molar-refractivity contribution in [2.24, 2.45) is 0 Å². The lowest BCUT2D eigenvalue weighted by Crippen LogP contribution is -2.36. The number of hydrogen-bond acceptors (Lipinski definition) is 5. The van der Waals surface area contributed by atoms with Crippen molar-refractivity contribution in [3.05, 3.63) is 77.4 Å². The molecule has 2 heterocycles. The molecule has 2 aromatic carbocycles. The number of hydrogen-bond donors (Lipinski definition) is 1. The van der Waals surface area contributed by atoms with Gasteiger partial charge in [0, 0.05) is 17.0 Å². The second kappa shape index (κ2) is 9.71. The summed E-state index contributed by atoms with van der Waals surface area (Å²) in [6, 6.07) is 18.6. The zero-order valence-electron chi connectivity index (χ0n) is 17.7. The summed E-state index contributed by atoms with van der Waals surface area (Å²) in [5.41, 5.74) is 4.57. The van der Waals surface area contributed by atoms with E-state index in [2.05, 4.69) is 64.0 Å². The molecule has 0 fully saturated rings. The highest BCUT2D eigenvalue weighted by Gasteiger charge is 2.16. The normalized spacial score (nSPS) is 11.9. The van der Waals surface area contributed by atoms with Gasteiger partial charge in [-0.25, -0.2) is 9.97 Å². The molecule has 6 heteroatoms. The second-order valence-corrected chi connectivity index (χ2v) is 8.51. The van der Waals surface area contributed by atoms with Crippen molar-refractivity contribution < 1.29 is 9.53 Å². The van der Waals surface area contributed by atoms with Crippen molar-refractivity contribution in [1.82, 2.24) is 15.3 Å². The highest BCUT2D eigenvalue weighted by atomic mass is 32.1. The molecule has 0 radical (unpaired) electrons. The van der Waals surface area contributed by atoms with Crippen molar-refractivity contribution in [1.29, 1.82) is 0 Å². The highest BCUT2D eigenvalue weighted by molar-refractivity contribution is 7.17. The van der Waals surface area contributed by atoms with Crippen molar-refractivity contribution >= 4 is 27.5 Å². The Morgan fingerprint density at radius 2 is 1.87 bits per heavy atom. The first kappa shape index (κ1) is 21.0. The molecule has 5 nitrogen and oxygen atoms in total. The molecular formula is C25H25N3O2S. The van der Waals surface area contributed by atoms with Crippen LogP contribution in [-0.4, -0.2) is 28.5 Å². The zero-order valence-corrected chi connectivity index (χ0v) is 18.5. The predicted molar refractivity (Wildman–Crippen MR) is 125 cm³/mol. The van der Waals surface area contributed by atoms with Crippen LogP contribution in [0.15, 0.2) is 66.3 Å². The van der Waals surface area contributed by atoms with Crippen LogP contribution in [0.4, 0.5) is 0 Å². The minimum atomic E-state index is -0.153. The van der Waals surface area contributed by atoms with Gasteiger partial charge < -0.3 is 10.1 Å². The lowest BCUT2D eigenvalue weighted by Gasteiger charge is -2.14. The van der Waals surface area contributed by atoms with Crippen LogP contribution >= 0.6 is 11.3 Å². The number of nitrogens with zero attached hydrogens (tertiary/aromatic N) is 2. The van der Waals surface area contributed by atoms with Gasteiger partial charge in [-0.1, -0.05) is 60.2 Å². The summed E-state index contributed by atoms with van der Waals surface area (Å²) in [7, 11) is 0. The summed E-state index contributed by atoms with van der Waals surface area (Å²) < 4.78 is 5.83. The third-order valence-electron chi connectivity index (χ3n) is 5.15. The number of carbonyl (C=O) groups excluding carboxylic acids is 1. The van der Waals surface area contributed by atoms with Crippen LogP contribution in [0.5, 0.6) is 5.88 Å². The topological polar surface area (TPSA) is 64.1 Å². The number of fused-ring (bicyclic) bond motifs is 1. The van der Waals surface area contributed by atoms with Crippen LogP contribution in [0.3, 0.4) is 0 Å². The molecule has 4 aromatic rings. The number of rotatable bonds is 8. The lowest BCUT2D eigenvalue weighted by molar-refractivity contribution is -0.123. The number of aromatic nitrogens is 2. The van der Waals surface area contributed by atoms with Crippen molar-refractivity contribution in [3.8, 4) is 17.0 Å². The van der Waals surface area contributed by atoms with Crippen LogP contribution < -0.4 is 10.1 Å². The molecule has 0 aliphatic carbocycles. The lowest BCUT2D eigenvalue weighted by atomic mass is 10.0. The Hall–Kier alpha value is -3.25.